The molecule has 0 radical (unpaired) electrons. The normalized spacial score (nSPS) is 14.0. The van der Waals surface area contributed by atoms with Crippen LogP contribution in [0, 0.1) is 0 Å². The van der Waals surface area contributed by atoms with Gasteiger partial charge < -0.3 is 10.2 Å². The molecule has 0 saturated carbocycles. The van der Waals surface area contributed by atoms with Crippen LogP contribution in [0.5, 0.6) is 5.75 Å². The van der Waals surface area contributed by atoms with Crippen molar-refractivity contribution in [3.05, 3.63) is 96.1 Å². The van der Waals surface area contributed by atoms with Gasteiger partial charge in [-0.1, -0.05) is 73.7 Å². The minimum Gasteiger partial charge on any atom is -0.508 e. The summed E-state index contributed by atoms with van der Waals surface area (Å²) >= 11 is 0. The molecule has 0 bridgehead atoms. The zero-order valence-electron chi connectivity index (χ0n) is 17.6. The lowest BCUT2D eigenvalue weighted by Crippen LogP contribution is -2.26. The molecular weight excluding hydrogens is 402 g/mol. The minimum absolute atomic E-state index is 0.0628. The van der Waals surface area contributed by atoms with Crippen molar-refractivity contribution < 1.29 is 15.0 Å². The van der Waals surface area contributed by atoms with Crippen molar-refractivity contribution >= 4 is 23.1 Å². The first-order valence-corrected chi connectivity index (χ1v) is 10.3. The van der Waals surface area contributed by atoms with E-state index in [-0.39, 0.29) is 18.1 Å². The molecule has 0 fully saturated rings. The Kier molecular flexibility index (Phi) is 6.12. The number of carboxylic acid groups (broad SMARTS) is 1. The lowest BCUT2D eigenvalue weighted by Gasteiger charge is -2.26. The van der Waals surface area contributed by atoms with Crippen molar-refractivity contribution in [3.63, 3.8) is 0 Å². The zero-order valence-corrected chi connectivity index (χ0v) is 17.6. The van der Waals surface area contributed by atoms with Gasteiger partial charge in [-0.3, -0.25) is 4.99 Å². The Bertz CT molecular complexity index is 1210. The zero-order chi connectivity index (χ0) is 22.5. The molecule has 3 aromatic rings. The number of phenols is 1. The number of aromatic hydroxyl groups is 1. The summed E-state index contributed by atoms with van der Waals surface area (Å²) in [6.07, 6.45) is 2.17. The maximum Gasteiger partial charge on any atom is 0.352 e. The van der Waals surface area contributed by atoms with E-state index in [2.05, 4.69) is 22.2 Å². The molecular formula is C26H23N3O3. The summed E-state index contributed by atoms with van der Waals surface area (Å²) in [6, 6.07) is 25.0. The van der Waals surface area contributed by atoms with Gasteiger partial charge in [0.1, 0.15) is 18.1 Å². The summed E-state index contributed by atoms with van der Waals surface area (Å²) in [6.45, 7) is 1.93. The molecule has 0 atom stereocenters. The van der Waals surface area contributed by atoms with E-state index >= 15 is 0 Å². The van der Waals surface area contributed by atoms with E-state index in [1.807, 2.05) is 54.6 Å². The van der Waals surface area contributed by atoms with Crippen LogP contribution < -0.4 is 0 Å². The Morgan fingerprint density at radius 2 is 1.59 bits per heavy atom. The number of hydrazone groups is 1. The molecule has 4 rings (SSSR count). The standard InChI is InChI=1S/C26H23N3O3/c1-2-23(26(31)32)28-29-17-27-24(21-9-6-10-22(30)15-21)16-25(29)20-13-11-19(12-14-20)18-7-4-3-5-8-18/h3-16,30H,2,17H2,1H3,(H,31,32)/b28-23+. The Morgan fingerprint density at radius 3 is 2.25 bits per heavy atom. The summed E-state index contributed by atoms with van der Waals surface area (Å²) in [5, 5.41) is 25.3. The number of carbonyl (C=O) groups is 1. The Labute approximate surface area is 186 Å². The van der Waals surface area contributed by atoms with Gasteiger partial charge in [0, 0.05) is 5.56 Å². The summed E-state index contributed by atoms with van der Waals surface area (Å²) in [5.41, 5.74) is 5.37. The maximum atomic E-state index is 11.5. The van der Waals surface area contributed by atoms with Gasteiger partial charge in [0.2, 0.25) is 0 Å². The smallest absolute Gasteiger partial charge is 0.352 e. The highest BCUT2D eigenvalue weighted by atomic mass is 16.4. The summed E-state index contributed by atoms with van der Waals surface area (Å²) in [4.78, 5) is 16.1. The van der Waals surface area contributed by atoms with Crippen molar-refractivity contribution in [3.8, 4) is 16.9 Å². The summed E-state index contributed by atoms with van der Waals surface area (Å²) < 4.78 is 0. The van der Waals surface area contributed by atoms with Gasteiger partial charge in [-0.2, -0.15) is 5.10 Å². The van der Waals surface area contributed by atoms with E-state index in [9.17, 15) is 15.0 Å². The van der Waals surface area contributed by atoms with Crippen LogP contribution in [0.3, 0.4) is 0 Å². The summed E-state index contributed by atoms with van der Waals surface area (Å²) in [7, 11) is 0. The quantitative estimate of drug-likeness (QED) is 0.544. The molecule has 0 saturated heterocycles. The van der Waals surface area contributed by atoms with Crippen LogP contribution in [-0.4, -0.2) is 39.3 Å². The van der Waals surface area contributed by atoms with Crippen LogP contribution in [0.1, 0.15) is 24.5 Å². The van der Waals surface area contributed by atoms with Crippen molar-refractivity contribution in [2.75, 3.05) is 6.67 Å². The number of aliphatic imine (C=N–C) groups is 1. The molecule has 0 spiro atoms. The molecule has 1 aliphatic heterocycles. The molecule has 1 heterocycles. The Balaban J connectivity index is 1.75. The third-order valence-electron chi connectivity index (χ3n) is 5.18. The van der Waals surface area contributed by atoms with Crippen LogP contribution in [0.2, 0.25) is 0 Å². The van der Waals surface area contributed by atoms with Gasteiger partial charge in [-0.15, -0.1) is 0 Å². The third-order valence-corrected chi connectivity index (χ3v) is 5.18. The first kappa shape index (κ1) is 21.1. The second-order valence-corrected chi connectivity index (χ2v) is 7.31. The van der Waals surface area contributed by atoms with Crippen molar-refractivity contribution in [2.45, 2.75) is 13.3 Å². The van der Waals surface area contributed by atoms with Gasteiger partial charge in [0.25, 0.3) is 0 Å². The molecule has 6 nitrogen and oxygen atoms in total. The van der Waals surface area contributed by atoms with Crippen molar-refractivity contribution in [1.82, 2.24) is 5.01 Å². The number of hydrogen-bond donors (Lipinski definition) is 2. The lowest BCUT2D eigenvalue weighted by atomic mass is 10.0. The van der Waals surface area contributed by atoms with E-state index in [0.29, 0.717) is 12.1 Å². The fourth-order valence-corrected chi connectivity index (χ4v) is 3.50. The summed E-state index contributed by atoms with van der Waals surface area (Å²) in [5.74, 6) is -0.888. The fraction of sp³-hybridized carbons (Fsp3) is 0.115. The molecule has 2 N–H and O–H groups in total. The molecule has 160 valence electrons. The SMILES string of the molecule is CC/C(=N\N1CN=C(c2cccc(O)c2)C=C1c1ccc(-c2ccccc2)cc1)C(=O)O. The molecule has 0 amide bonds. The van der Waals surface area contributed by atoms with E-state index in [0.717, 1.165) is 28.0 Å². The molecule has 1 aliphatic rings. The second-order valence-electron chi connectivity index (χ2n) is 7.31. The van der Waals surface area contributed by atoms with Crippen LogP contribution in [-0.2, 0) is 4.79 Å². The van der Waals surface area contributed by atoms with Crippen LogP contribution in [0.25, 0.3) is 16.8 Å². The maximum absolute atomic E-state index is 11.5. The first-order chi connectivity index (χ1) is 15.5. The topological polar surface area (TPSA) is 85.5 Å². The van der Waals surface area contributed by atoms with Crippen LogP contribution >= 0.6 is 0 Å². The largest absolute Gasteiger partial charge is 0.508 e. The van der Waals surface area contributed by atoms with E-state index in [1.165, 1.54) is 0 Å². The minimum atomic E-state index is -1.05. The molecule has 32 heavy (non-hydrogen) atoms. The monoisotopic (exact) mass is 425 g/mol. The van der Waals surface area contributed by atoms with Crippen molar-refractivity contribution in [2.24, 2.45) is 10.1 Å². The molecule has 0 unspecified atom stereocenters. The number of phenolic OH excluding ortho intramolecular Hbond substituents is 1. The van der Waals surface area contributed by atoms with Crippen LogP contribution in [0.15, 0.2) is 95.0 Å². The van der Waals surface area contributed by atoms with E-state index in [4.69, 9.17) is 0 Å². The van der Waals surface area contributed by atoms with E-state index < -0.39 is 5.97 Å². The predicted octanol–water partition coefficient (Wildman–Crippen LogP) is 5.01. The highest BCUT2D eigenvalue weighted by molar-refractivity contribution is 6.35. The molecule has 6 heteroatoms. The highest BCUT2D eigenvalue weighted by Gasteiger charge is 2.20. The van der Waals surface area contributed by atoms with Gasteiger partial charge >= 0.3 is 5.97 Å². The average molecular weight is 425 g/mol. The number of aliphatic carboxylic acids is 1. The number of rotatable bonds is 6. The van der Waals surface area contributed by atoms with Crippen molar-refractivity contribution in [1.29, 1.82) is 0 Å². The average Bonchev–Trinajstić information content (AvgIpc) is 2.83. The molecule has 0 aromatic heterocycles. The highest BCUT2D eigenvalue weighted by Crippen LogP contribution is 2.28. The predicted molar refractivity (Wildman–Crippen MR) is 127 cm³/mol. The number of hydrogen-bond acceptors (Lipinski definition) is 5. The van der Waals surface area contributed by atoms with Gasteiger partial charge in [-0.05, 0) is 41.3 Å². The Hall–Kier alpha value is -4.19. The first-order valence-electron chi connectivity index (χ1n) is 10.3. The number of benzene rings is 3. The molecule has 0 aliphatic carbocycles. The van der Waals surface area contributed by atoms with Gasteiger partial charge in [-0.25, -0.2) is 9.80 Å². The Morgan fingerprint density at radius 1 is 0.938 bits per heavy atom. The third kappa shape index (κ3) is 4.59. The van der Waals surface area contributed by atoms with Gasteiger partial charge in [0.05, 0.1) is 11.4 Å². The van der Waals surface area contributed by atoms with Crippen LogP contribution in [0.4, 0.5) is 0 Å². The number of nitrogens with zero attached hydrogens (tertiary/aromatic N) is 3. The van der Waals surface area contributed by atoms with E-state index in [1.54, 1.807) is 30.1 Å². The van der Waals surface area contributed by atoms with Gasteiger partial charge in [0.15, 0.2) is 0 Å². The number of allylic oxidation sites excluding steroid dienone is 1. The number of carboxylic acids is 1. The fourth-order valence-electron chi connectivity index (χ4n) is 3.50. The lowest BCUT2D eigenvalue weighted by molar-refractivity contribution is -0.129. The molecule has 3 aromatic carbocycles. The second kappa shape index (κ2) is 9.31.